The second kappa shape index (κ2) is 5.03. The number of hydrogen-bond donors (Lipinski definition) is 0. The Balaban J connectivity index is 2.35. The summed E-state index contributed by atoms with van der Waals surface area (Å²) in [6.07, 6.45) is 0. The Labute approximate surface area is 107 Å². The van der Waals surface area contributed by atoms with E-state index in [-0.39, 0.29) is 22.1 Å². The van der Waals surface area contributed by atoms with Crippen molar-refractivity contribution in [2.75, 3.05) is 0 Å². The highest BCUT2D eigenvalue weighted by Crippen LogP contribution is 2.30. The predicted octanol–water partition coefficient (Wildman–Crippen LogP) is 4.28. The highest BCUT2D eigenvalue weighted by Gasteiger charge is 2.11. The quantitative estimate of drug-likeness (QED) is 0.812. The van der Waals surface area contributed by atoms with Crippen molar-refractivity contribution in [3.63, 3.8) is 0 Å². The Bertz CT molecular complexity index is 637. The van der Waals surface area contributed by atoms with Gasteiger partial charge < -0.3 is 4.74 Å². The first-order valence-electron chi connectivity index (χ1n) is 4.93. The summed E-state index contributed by atoms with van der Waals surface area (Å²) in [5.74, 6) is -1.85. The van der Waals surface area contributed by atoms with Crippen LogP contribution in [-0.2, 0) is 0 Å². The molecule has 2 aromatic rings. The van der Waals surface area contributed by atoms with Gasteiger partial charge in [0, 0.05) is 0 Å². The second-order valence-electron chi connectivity index (χ2n) is 3.41. The third-order valence-corrected chi connectivity index (χ3v) is 2.49. The lowest BCUT2D eigenvalue weighted by molar-refractivity contribution is 0.415. The van der Waals surface area contributed by atoms with E-state index in [2.05, 4.69) is 0 Å². The van der Waals surface area contributed by atoms with Gasteiger partial charge in [0.25, 0.3) is 0 Å². The molecule has 2 nitrogen and oxygen atoms in total. The van der Waals surface area contributed by atoms with E-state index in [4.69, 9.17) is 21.6 Å². The molecule has 0 atom stereocenters. The van der Waals surface area contributed by atoms with Gasteiger partial charge in [-0.05, 0) is 30.3 Å². The predicted molar refractivity (Wildman–Crippen MR) is 62.6 cm³/mol. The smallest absolute Gasteiger partial charge is 0.184 e. The molecule has 0 aliphatic rings. The first-order valence-corrected chi connectivity index (χ1v) is 5.31. The summed E-state index contributed by atoms with van der Waals surface area (Å²) in [6.45, 7) is 0. The maximum atomic E-state index is 13.5. The summed E-state index contributed by atoms with van der Waals surface area (Å²) in [5, 5.41) is 8.48. The third kappa shape index (κ3) is 2.41. The van der Waals surface area contributed by atoms with Crippen molar-refractivity contribution < 1.29 is 13.5 Å². The standard InChI is InChI=1S/C13H6ClF2NO/c14-9-2-1-3-12(13(9)16)18-11-5-4-8(7-17)6-10(11)15/h1-6H. The van der Waals surface area contributed by atoms with Crippen molar-refractivity contribution in [1.29, 1.82) is 5.26 Å². The molecule has 0 N–H and O–H groups in total. The Kier molecular flexibility index (Phi) is 3.45. The number of hydrogen-bond acceptors (Lipinski definition) is 2. The molecule has 18 heavy (non-hydrogen) atoms. The monoisotopic (exact) mass is 265 g/mol. The van der Waals surface area contributed by atoms with Crippen LogP contribution in [0.3, 0.4) is 0 Å². The van der Waals surface area contributed by atoms with E-state index in [0.717, 1.165) is 6.07 Å². The fraction of sp³-hybridized carbons (Fsp3) is 0. The van der Waals surface area contributed by atoms with Crippen LogP contribution in [0.2, 0.25) is 5.02 Å². The number of rotatable bonds is 2. The SMILES string of the molecule is N#Cc1ccc(Oc2cccc(Cl)c2F)c(F)c1. The van der Waals surface area contributed by atoms with Crippen LogP contribution in [0.1, 0.15) is 5.56 Å². The minimum absolute atomic E-state index is 0.110. The van der Waals surface area contributed by atoms with Crippen LogP contribution < -0.4 is 4.74 Å². The van der Waals surface area contributed by atoms with Crippen LogP contribution in [0, 0.1) is 23.0 Å². The van der Waals surface area contributed by atoms with Crippen LogP contribution in [0.15, 0.2) is 36.4 Å². The molecule has 0 heterocycles. The van der Waals surface area contributed by atoms with Crippen molar-refractivity contribution in [2.45, 2.75) is 0 Å². The summed E-state index contributed by atoms with van der Waals surface area (Å²) in [7, 11) is 0. The first-order chi connectivity index (χ1) is 8.61. The Morgan fingerprint density at radius 1 is 1.11 bits per heavy atom. The zero-order valence-corrected chi connectivity index (χ0v) is 9.71. The Hall–Kier alpha value is -2.12. The van der Waals surface area contributed by atoms with E-state index >= 15 is 0 Å². The van der Waals surface area contributed by atoms with Crippen LogP contribution in [0.5, 0.6) is 11.5 Å². The van der Waals surface area contributed by atoms with Crippen LogP contribution >= 0.6 is 11.6 Å². The zero-order valence-electron chi connectivity index (χ0n) is 8.95. The van der Waals surface area contributed by atoms with Crippen molar-refractivity contribution in [3.05, 3.63) is 58.6 Å². The molecule has 5 heteroatoms. The molecule has 0 aliphatic carbocycles. The second-order valence-corrected chi connectivity index (χ2v) is 3.82. The highest BCUT2D eigenvalue weighted by molar-refractivity contribution is 6.30. The van der Waals surface area contributed by atoms with Crippen LogP contribution in [-0.4, -0.2) is 0 Å². The molecule has 90 valence electrons. The molecule has 2 aromatic carbocycles. The van der Waals surface area contributed by atoms with E-state index in [1.54, 1.807) is 6.07 Å². The third-order valence-electron chi connectivity index (χ3n) is 2.20. The minimum atomic E-state index is -0.761. The molecule has 0 saturated heterocycles. The molecule has 0 radical (unpaired) electrons. The molecule has 0 aliphatic heterocycles. The van der Waals surface area contributed by atoms with Crippen molar-refractivity contribution in [3.8, 4) is 17.6 Å². The average molecular weight is 266 g/mol. The normalized spacial score (nSPS) is 9.89. The van der Waals surface area contributed by atoms with Gasteiger partial charge in [-0.25, -0.2) is 8.78 Å². The van der Waals surface area contributed by atoms with Gasteiger partial charge >= 0.3 is 0 Å². The summed E-state index contributed by atoms with van der Waals surface area (Å²) in [6, 6.07) is 9.61. The fourth-order valence-corrected chi connectivity index (χ4v) is 1.50. The fourth-order valence-electron chi connectivity index (χ4n) is 1.33. The zero-order chi connectivity index (χ0) is 13.1. The van der Waals surface area contributed by atoms with E-state index in [1.807, 2.05) is 0 Å². The van der Waals surface area contributed by atoms with Crippen molar-refractivity contribution in [1.82, 2.24) is 0 Å². The minimum Gasteiger partial charge on any atom is -0.451 e. The molecule has 0 saturated carbocycles. The maximum Gasteiger partial charge on any atom is 0.184 e. The van der Waals surface area contributed by atoms with Gasteiger partial charge in [0.1, 0.15) is 0 Å². The van der Waals surface area contributed by atoms with Gasteiger partial charge in [0.2, 0.25) is 0 Å². The molecule has 0 bridgehead atoms. The molecule has 0 unspecified atom stereocenters. The highest BCUT2D eigenvalue weighted by atomic mass is 35.5. The van der Waals surface area contributed by atoms with E-state index < -0.39 is 11.6 Å². The summed E-state index contributed by atoms with van der Waals surface area (Å²) in [4.78, 5) is 0. The van der Waals surface area contributed by atoms with Gasteiger partial charge in [-0.15, -0.1) is 0 Å². The van der Waals surface area contributed by atoms with Gasteiger partial charge in [-0.2, -0.15) is 5.26 Å². The number of nitrogens with zero attached hydrogens (tertiary/aromatic N) is 1. The number of nitriles is 1. The van der Waals surface area contributed by atoms with Crippen LogP contribution in [0.4, 0.5) is 8.78 Å². The van der Waals surface area contributed by atoms with Gasteiger partial charge in [0.05, 0.1) is 16.7 Å². The Morgan fingerprint density at radius 3 is 2.56 bits per heavy atom. The lowest BCUT2D eigenvalue weighted by atomic mass is 10.2. The topological polar surface area (TPSA) is 33.0 Å². The lowest BCUT2D eigenvalue weighted by Crippen LogP contribution is -1.92. The first kappa shape index (κ1) is 12.3. The van der Waals surface area contributed by atoms with Gasteiger partial charge in [-0.3, -0.25) is 0 Å². The molecular weight excluding hydrogens is 260 g/mol. The number of ether oxygens (including phenoxy) is 1. The van der Waals surface area contributed by atoms with Crippen LogP contribution in [0.25, 0.3) is 0 Å². The summed E-state index contributed by atoms with van der Waals surface area (Å²) in [5.41, 5.74) is 0.159. The van der Waals surface area contributed by atoms with E-state index in [9.17, 15) is 8.78 Å². The maximum absolute atomic E-state index is 13.5. The van der Waals surface area contributed by atoms with E-state index in [0.29, 0.717) is 0 Å². The molecule has 0 amide bonds. The molecule has 2 rings (SSSR count). The molecular formula is C13H6ClF2NO. The van der Waals surface area contributed by atoms with Crippen molar-refractivity contribution in [2.24, 2.45) is 0 Å². The molecule has 0 aromatic heterocycles. The summed E-state index contributed by atoms with van der Waals surface area (Å²) >= 11 is 5.58. The molecule has 0 fully saturated rings. The Morgan fingerprint density at radius 2 is 1.89 bits per heavy atom. The number of halogens is 3. The van der Waals surface area contributed by atoms with Crippen molar-refractivity contribution >= 4 is 11.6 Å². The lowest BCUT2D eigenvalue weighted by Gasteiger charge is -2.08. The number of benzene rings is 2. The largest absolute Gasteiger partial charge is 0.451 e. The average Bonchev–Trinajstić information content (AvgIpc) is 2.37. The van der Waals surface area contributed by atoms with Gasteiger partial charge in [-0.1, -0.05) is 17.7 Å². The van der Waals surface area contributed by atoms with E-state index in [1.165, 1.54) is 30.3 Å². The van der Waals surface area contributed by atoms with Gasteiger partial charge in [0.15, 0.2) is 23.1 Å². The molecule has 0 spiro atoms. The summed E-state index contributed by atoms with van der Waals surface area (Å²) < 4.78 is 32.1.